The van der Waals surface area contributed by atoms with Crippen LogP contribution in [0.5, 0.6) is 0 Å². The van der Waals surface area contributed by atoms with Crippen LogP contribution in [0.3, 0.4) is 0 Å². The molecule has 112 valence electrons. The summed E-state index contributed by atoms with van der Waals surface area (Å²) in [7, 11) is 0. The van der Waals surface area contributed by atoms with Crippen LogP contribution in [0.1, 0.15) is 30.4 Å². The lowest BCUT2D eigenvalue weighted by Crippen LogP contribution is -2.25. The smallest absolute Gasteiger partial charge is 0.272 e. The van der Waals surface area contributed by atoms with Crippen LogP contribution in [-0.4, -0.2) is 11.6 Å². The quantitative estimate of drug-likeness (QED) is 0.767. The Labute approximate surface area is 118 Å². The Hall–Kier alpha value is -1.92. The van der Waals surface area contributed by atoms with Crippen molar-refractivity contribution in [3.05, 3.63) is 29.1 Å². The van der Waals surface area contributed by atoms with Gasteiger partial charge in [0.1, 0.15) is 5.69 Å². The van der Waals surface area contributed by atoms with Crippen LogP contribution in [-0.2, 0) is 11.0 Å². The van der Waals surface area contributed by atoms with Gasteiger partial charge in [-0.15, -0.1) is 0 Å². The fourth-order valence-electron chi connectivity index (χ4n) is 2.37. The van der Waals surface area contributed by atoms with E-state index in [1.807, 2.05) is 0 Å². The summed E-state index contributed by atoms with van der Waals surface area (Å²) in [5.41, 5.74) is -1.38. The number of carbonyl (C=O) groups is 1. The van der Waals surface area contributed by atoms with Crippen molar-refractivity contribution in [1.82, 2.24) is 0 Å². The first-order chi connectivity index (χ1) is 9.79. The van der Waals surface area contributed by atoms with Crippen molar-refractivity contribution in [2.24, 2.45) is 11.0 Å². The number of nitrogens with zero attached hydrogens (tertiary/aromatic N) is 2. The van der Waals surface area contributed by atoms with Gasteiger partial charge in [0.15, 0.2) is 5.82 Å². The van der Waals surface area contributed by atoms with Crippen molar-refractivity contribution in [3.8, 4) is 0 Å². The Balaban J connectivity index is 2.12. The maximum atomic E-state index is 14.2. The molecule has 0 bridgehead atoms. The van der Waals surface area contributed by atoms with Gasteiger partial charge in [-0.3, -0.25) is 4.79 Å². The number of alkyl halides is 3. The average Bonchev–Trinajstić information content (AvgIpc) is 3.15. The van der Waals surface area contributed by atoms with Crippen molar-refractivity contribution in [2.45, 2.75) is 32.4 Å². The van der Waals surface area contributed by atoms with E-state index in [0.717, 1.165) is 25.0 Å². The Morgan fingerprint density at radius 1 is 1.29 bits per heavy atom. The number of halogens is 4. The molecule has 0 radical (unpaired) electrons. The van der Waals surface area contributed by atoms with Crippen molar-refractivity contribution < 1.29 is 22.4 Å². The fraction of sp³-hybridized carbons (Fsp3) is 0.429. The third-order valence-electron chi connectivity index (χ3n) is 3.67. The van der Waals surface area contributed by atoms with Crippen molar-refractivity contribution in [1.29, 1.82) is 0 Å². The number of anilines is 1. The topological polar surface area (TPSA) is 32.7 Å². The Kier molecular flexibility index (Phi) is 3.04. The third kappa shape index (κ3) is 2.41. The second-order valence-corrected chi connectivity index (χ2v) is 5.34. The SMILES string of the molecule is Cc1ccc(C(F)(F)F)c(N2N=C(C3CC3)CC2=O)c1F. The van der Waals surface area contributed by atoms with Crippen LogP contribution < -0.4 is 5.01 Å². The lowest BCUT2D eigenvalue weighted by Gasteiger charge is -2.20. The molecule has 0 spiro atoms. The molecule has 1 heterocycles. The molecule has 0 N–H and O–H groups in total. The first-order valence-corrected chi connectivity index (χ1v) is 6.55. The first kappa shape index (κ1) is 14.0. The largest absolute Gasteiger partial charge is 0.418 e. The zero-order valence-electron chi connectivity index (χ0n) is 11.2. The van der Waals surface area contributed by atoms with Gasteiger partial charge in [-0.2, -0.15) is 23.3 Å². The Bertz CT molecular complexity index is 647. The Morgan fingerprint density at radius 3 is 2.52 bits per heavy atom. The molecule has 0 atom stereocenters. The molecule has 1 aromatic rings. The van der Waals surface area contributed by atoms with Gasteiger partial charge in [0.05, 0.1) is 17.7 Å². The molecule has 0 saturated heterocycles. The van der Waals surface area contributed by atoms with Crippen LogP contribution in [0.4, 0.5) is 23.2 Å². The highest BCUT2D eigenvalue weighted by molar-refractivity contribution is 6.14. The second kappa shape index (κ2) is 4.54. The van der Waals surface area contributed by atoms with Crippen LogP contribution in [0.15, 0.2) is 17.2 Å². The normalized spacial score (nSPS) is 19.2. The van der Waals surface area contributed by atoms with Gasteiger partial charge in [0.25, 0.3) is 5.91 Å². The highest BCUT2D eigenvalue weighted by Crippen LogP contribution is 2.42. The molecule has 1 saturated carbocycles. The van der Waals surface area contributed by atoms with E-state index in [2.05, 4.69) is 5.10 Å². The number of amides is 1. The van der Waals surface area contributed by atoms with Gasteiger partial charge in [-0.1, -0.05) is 6.07 Å². The predicted octanol–water partition coefficient (Wildman–Crippen LogP) is 3.66. The molecule has 1 aliphatic heterocycles. The molecule has 1 fully saturated rings. The summed E-state index contributed by atoms with van der Waals surface area (Å²) >= 11 is 0. The summed E-state index contributed by atoms with van der Waals surface area (Å²) in [4.78, 5) is 11.9. The van der Waals surface area contributed by atoms with E-state index in [4.69, 9.17) is 0 Å². The summed E-state index contributed by atoms with van der Waals surface area (Å²) in [6, 6.07) is 1.83. The van der Waals surface area contributed by atoms with Gasteiger partial charge in [-0.05, 0) is 37.3 Å². The number of rotatable bonds is 2. The van der Waals surface area contributed by atoms with Crippen molar-refractivity contribution >= 4 is 17.3 Å². The van der Waals surface area contributed by atoms with E-state index in [1.54, 1.807) is 0 Å². The molecule has 0 unspecified atom stereocenters. The summed E-state index contributed by atoms with van der Waals surface area (Å²) in [6.45, 7) is 1.35. The minimum Gasteiger partial charge on any atom is -0.272 e. The summed E-state index contributed by atoms with van der Waals surface area (Å²) in [5, 5.41) is 4.52. The van der Waals surface area contributed by atoms with E-state index in [0.29, 0.717) is 10.7 Å². The highest BCUT2D eigenvalue weighted by atomic mass is 19.4. The van der Waals surface area contributed by atoms with Gasteiger partial charge in [0.2, 0.25) is 0 Å². The zero-order chi connectivity index (χ0) is 15.4. The molecule has 2 aliphatic rings. The number of hydrogen-bond donors (Lipinski definition) is 0. The minimum absolute atomic E-state index is 0.0324. The predicted molar refractivity (Wildman–Crippen MR) is 68.4 cm³/mol. The molecule has 3 nitrogen and oxygen atoms in total. The molecular weight excluding hydrogens is 288 g/mol. The molecule has 0 aromatic heterocycles. The maximum absolute atomic E-state index is 14.2. The minimum atomic E-state index is -4.75. The Morgan fingerprint density at radius 2 is 1.95 bits per heavy atom. The first-order valence-electron chi connectivity index (χ1n) is 6.55. The highest BCUT2D eigenvalue weighted by Gasteiger charge is 2.42. The number of carbonyl (C=O) groups excluding carboxylic acids is 1. The van der Waals surface area contributed by atoms with E-state index in [1.165, 1.54) is 6.92 Å². The lowest BCUT2D eigenvalue weighted by atomic mass is 10.1. The van der Waals surface area contributed by atoms with E-state index >= 15 is 0 Å². The van der Waals surface area contributed by atoms with Crippen LogP contribution in [0.25, 0.3) is 0 Å². The van der Waals surface area contributed by atoms with E-state index in [9.17, 15) is 22.4 Å². The van der Waals surface area contributed by atoms with E-state index in [-0.39, 0.29) is 17.9 Å². The second-order valence-electron chi connectivity index (χ2n) is 5.34. The van der Waals surface area contributed by atoms with E-state index < -0.39 is 29.2 Å². The van der Waals surface area contributed by atoms with Crippen molar-refractivity contribution in [2.75, 3.05) is 5.01 Å². The van der Waals surface area contributed by atoms with Crippen LogP contribution >= 0.6 is 0 Å². The van der Waals surface area contributed by atoms with Gasteiger partial charge < -0.3 is 0 Å². The lowest BCUT2D eigenvalue weighted by molar-refractivity contribution is -0.137. The number of aryl methyl sites for hydroxylation is 1. The zero-order valence-corrected chi connectivity index (χ0v) is 11.2. The molecule has 3 rings (SSSR count). The molecule has 1 amide bonds. The van der Waals surface area contributed by atoms with Crippen LogP contribution in [0, 0.1) is 18.7 Å². The monoisotopic (exact) mass is 300 g/mol. The van der Waals surface area contributed by atoms with Gasteiger partial charge in [-0.25, -0.2) is 4.39 Å². The van der Waals surface area contributed by atoms with Crippen LogP contribution in [0.2, 0.25) is 0 Å². The maximum Gasteiger partial charge on any atom is 0.418 e. The number of benzene rings is 1. The summed E-state index contributed by atoms with van der Waals surface area (Å²) in [6.07, 6.45) is -3.03. The number of hydrazone groups is 1. The summed E-state index contributed by atoms with van der Waals surface area (Å²) < 4.78 is 53.4. The summed E-state index contributed by atoms with van der Waals surface area (Å²) in [5.74, 6) is -1.52. The molecule has 1 aromatic carbocycles. The van der Waals surface area contributed by atoms with Gasteiger partial charge >= 0.3 is 6.18 Å². The average molecular weight is 300 g/mol. The third-order valence-corrected chi connectivity index (χ3v) is 3.67. The number of hydrogen-bond acceptors (Lipinski definition) is 2. The standard InChI is InChI=1S/C14H12F4N2O/c1-7-2-5-9(14(16,17)18)13(12(7)15)20-11(21)6-10(19-20)8-3-4-8/h2,5,8H,3-4,6H2,1H3. The van der Waals surface area contributed by atoms with Crippen molar-refractivity contribution in [3.63, 3.8) is 0 Å². The molecule has 7 heteroatoms. The molecule has 21 heavy (non-hydrogen) atoms. The fourth-order valence-corrected chi connectivity index (χ4v) is 2.37. The molecule has 1 aliphatic carbocycles. The molecular formula is C14H12F4N2O. The van der Waals surface area contributed by atoms with Gasteiger partial charge in [0, 0.05) is 0 Å².